The number of hydrogen-bond donors (Lipinski definition) is 1. The summed E-state index contributed by atoms with van der Waals surface area (Å²) in [6, 6.07) is 10.4. The number of aromatic nitrogens is 1. The van der Waals surface area contributed by atoms with Gasteiger partial charge in [0, 0.05) is 30.7 Å². The highest BCUT2D eigenvalue weighted by molar-refractivity contribution is 5.83. The number of carbonyl (C=O) groups excluding carboxylic acids is 1. The van der Waals surface area contributed by atoms with Crippen LogP contribution in [0.15, 0.2) is 36.5 Å². The van der Waals surface area contributed by atoms with E-state index < -0.39 is 5.60 Å². The fourth-order valence-electron chi connectivity index (χ4n) is 2.74. The van der Waals surface area contributed by atoms with Crippen LogP contribution in [0.3, 0.4) is 0 Å². The highest BCUT2D eigenvalue weighted by Gasteiger charge is 2.29. The third kappa shape index (κ3) is 3.92. The van der Waals surface area contributed by atoms with Gasteiger partial charge < -0.3 is 15.0 Å². The Balaban J connectivity index is 1.61. The molecule has 23 heavy (non-hydrogen) atoms. The SMILES string of the molecule is CC(C)(C)OC(=O)N1CC[C@@H](Nc2cc3ccccc3cn2)C1. The minimum absolute atomic E-state index is 0.205. The van der Waals surface area contributed by atoms with E-state index in [-0.39, 0.29) is 12.1 Å². The predicted octanol–water partition coefficient (Wildman–Crippen LogP) is 3.66. The Morgan fingerprint density at radius 3 is 2.78 bits per heavy atom. The van der Waals surface area contributed by atoms with Gasteiger partial charge in [0.25, 0.3) is 0 Å². The number of pyridine rings is 1. The lowest BCUT2D eigenvalue weighted by molar-refractivity contribution is 0.0293. The van der Waals surface area contributed by atoms with Crippen molar-refractivity contribution in [3.63, 3.8) is 0 Å². The molecule has 1 aromatic carbocycles. The molecule has 1 aliphatic rings. The second kappa shape index (κ2) is 6.07. The maximum absolute atomic E-state index is 12.1. The summed E-state index contributed by atoms with van der Waals surface area (Å²) in [5.41, 5.74) is -0.456. The van der Waals surface area contributed by atoms with Gasteiger partial charge in [0.05, 0.1) is 0 Å². The quantitative estimate of drug-likeness (QED) is 0.919. The molecule has 0 spiro atoms. The number of fused-ring (bicyclic) bond motifs is 1. The number of nitrogens with one attached hydrogen (secondary N) is 1. The van der Waals surface area contributed by atoms with E-state index in [4.69, 9.17) is 4.74 Å². The first-order valence-electron chi connectivity index (χ1n) is 8.00. The maximum Gasteiger partial charge on any atom is 0.410 e. The van der Waals surface area contributed by atoms with Crippen molar-refractivity contribution in [2.45, 2.75) is 38.8 Å². The van der Waals surface area contributed by atoms with Gasteiger partial charge in [0.15, 0.2) is 0 Å². The molecular weight excluding hydrogens is 290 g/mol. The molecule has 5 heteroatoms. The van der Waals surface area contributed by atoms with E-state index in [1.807, 2.05) is 51.2 Å². The molecule has 2 heterocycles. The Hall–Kier alpha value is -2.30. The van der Waals surface area contributed by atoms with E-state index in [1.54, 1.807) is 4.90 Å². The van der Waals surface area contributed by atoms with Crippen LogP contribution in [0.5, 0.6) is 0 Å². The number of likely N-dealkylation sites (tertiary alicyclic amines) is 1. The van der Waals surface area contributed by atoms with Gasteiger partial charge in [-0.15, -0.1) is 0 Å². The van der Waals surface area contributed by atoms with Gasteiger partial charge in [-0.1, -0.05) is 24.3 Å². The van der Waals surface area contributed by atoms with Crippen molar-refractivity contribution in [3.05, 3.63) is 36.5 Å². The molecule has 1 saturated heterocycles. The van der Waals surface area contributed by atoms with Gasteiger partial charge in [0.2, 0.25) is 0 Å². The molecule has 0 bridgehead atoms. The van der Waals surface area contributed by atoms with E-state index in [0.29, 0.717) is 13.1 Å². The zero-order chi connectivity index (χ0) is 16.4. The molecule has 1 fully saturated rings. The number of ether oxygens (including phenoxy) is 1. The van der Waals surface area contributed by atoms with Crippen LogP contribution in [0.2, 0.25) is 0 Å². The lowest BCUT2D eigenvalue weighted by Crippen LogP contribution is -2.36. The lowest BCUT2D eigenvalue weighted by atomic mass is 10.2. The Morgan fingerprint density at radius 1 is 1.30 bits per heavy atom. The summed E-state index contributed by atoms with van der Waals surface area (Å²) in [4.78, 5) is 18.3. The van der Waals surface area contributed by atoms with Crippen LogP contribution in [-0.2, 0) is 4.74 Å². The van der Waals surface area contributed by atoms with Crippen LogP contribution in [0.4, 0.5) is 10.6 Å². The highest BCUT2D eigenvalue weighted by atomic mass is 16.6. The smallest absolute Gasteiger partial charge is 0.410 e. The number of carbonyl (C=O) groups is 1. The first-order valence-corrected chi connectivity index (χ1v) is 8.00. The molecule has 122 valence electrons. The van der Waals surface area contributed by atoms with Gasteiger partial charge >= 0.3 is 6.09 Å². The van der Waals surface area contributed by atoms with Crippen LogP contribution in [0.25, 0.3) is 10.8 Å². The Labute approximate surface area is 136 Å². The zero-order valence-electron chi connectivity index (χ0n) is 13.9. The largest absolute Gasteiger partial charge is 0.444 e. The van der Waals surface area contributed by atoms with E-state index >= 15 is 0 Å². The maximum atomic E-state index is 12.1. The number of hydrogen-bond acceptors (Lipinski definition) is 4. The van der Waals surface area contributed by atoms with Gasteiger partial charge in [0.1, 0.15) is 11.4 Å². The second-order valence-electron chi connectivity index (χ2n) is 6.97. The summed E-state index contributed by atoms with van der Waals surface area (Å²) in [7, 11) is 0. The van der Waals surface area contributed by atoms with Crippen molar-refractivity contribution >= 4 is 22.7 Å². The summed E-state index contributed by atoms with van der Waals surface area (Å²) >= 11 is 0. The summed E-state index contributed by atoms with van der Waals surface area (Å²) in [5.74, 6) is 0.847. The molecule has 2 aromatic rings. The molecule has 0 aliphatic carbocycles. The van der Waals surface area contributed by atoms with Crippen molar-refractivity contribution < 1.29 is 9.53 Å². The molecule has 0 radical (unpaired) electrons. The van der Waals surface area contributed by atoms with Gasteiger partial charge in [-0.05, 0) is 38.6 Å². The van der Waals surface area contributed by atoms with E-state index in [1.165, 1.54) is 0 Å². The second-order valence-corrected chi connectivity index (χ2v) is 6.97. The number of rotatable bonds is 2. The first kappa shape index (κ1) is 15.6. The summed E-state index contributed by atoms with van der Waals surface area (Å²) in [5, 5.41) is 5.70. The molecule has 3 rings (SSSR count). The van der Waals surface area contributed by atoms with Gasteiger partial charge in [-0.3, -0.25) is 0 Å². The van der Waals surface area contributed by atoms with E-state index in [0.717, 1.165) is 23.0 Å². The van der Waals surface area contributed by atoms with E-state index in [2.05, 4.69) is 16.4 Å². The van der Waals surface area contributed by atoms with Crippen molar-refractivity contribution in [2.75, 3.05) is 18.4 Å². The van der Waals surface area contributed by atoms with Crippen LogP contribution in [-0.4, -0.2) is 40.7 Å². The fraction of sp³-hybridized carbons (Fsp3) is 0.444. The third-order valence-corrected chi connectivity index (χ3v) is 3.82. The van der Waals surface area contributed by atoms with Crippen molar-refractivity contribution in [3.8, 4) is 0 Å². The fourth-order valence-corrected chi connectivity index (χ4v) is 2.74. The van der Waals surface area contributed by atoms with Crippen molar-refractivity contribution in [1.29, 1.82) is 0 Å². The topological polar surface area (TPSA) is 54.5 Å². The third-order valence-electron chi connectivity index (χ3n) is 3.82. The zero-order valence-corrected chi connectivity index (χ0v) is 13.9. The molecule has 0 saturated carbocycles. The first-order chi connectivity index (χ1) is 10.9. The monoisotopic (exact) mass is 313 g/mol. The Morgan fingerprint density at radius 2 is 2.04 bits per heavy atom. The molecule has 5 nitrogen and oxygen atoms in total. The minimum Gasteiger partial charge on any atom is -0.444 e. The van der Waals surface area contributed by atoms with Gasteiger partial charge in [-0.2, -0.15) is 0 Å². The molecule has 1 aromatic heterocycles. The summed E-state index contributed by atoms with van der Waals surface area (Å²) < 4.78 is 5.42. The summed E-state index contributed by atoms with van der Waals surface area (Å²) in [6.07, 6.45) is 2.53. The Bertz CT molecular complexity index is 709. The number of benzene rings is 1. The number of amides is 1. The molecule has 1 amide bonds. The molecule has 1 N–H and O–H groups in total. The Kier molecular flexibility index (Phi) is 4.11. The standard InChI is InChI=1S/C18H23N3O2/c1-18(2,3)23-17(22)21-9-8-15(12-21)20-16-10-13-6-4-5-7-14(13)11-19-16/h4-7,10-11,15H,8-9,12H2,1-3H3,(H,19,20)/t15-/m1/s1. The van der Waals surface area contributed by atoms with Crippen molar-refractivity contribution in [2.24, 2.45) is 0 Å². The molecule has 1 aliphatic heterocycles. The average molecular weight is 313 g/mol. The average Bonchev–Trinajstić information content (AvgIpc) is 2.94. The van der Waals surface area contributed by atoms with Crippen LogP contribution < -0.4 is 5.32 Å². The number of anilines is 1. The predicted molar refractivity (Wildman–Crippen MR) is 91.6 cm³/mol. The highest BCUT2D eigenvalue weighted by Crippen LogP contribution is 2.20. The molecule has 0 unspecified atom stereocenters. The van der Waals surface area contributed by atoms with Gasteiger partial charge in [-0.25, -0.2) is 9.78 Å². The normalized spacial score (nSPS) is 18.2. The van der Waals surface area contributed by atoms with Crippen LogP contribution in [0.1, 0.15) is 27.2 Å². The minimum atomic E-state index is -0.456. The van der Waals surface area contributed by atoms with Crippen molar-refractivity contribution in [1.82, 2.24) is 9.88 Å². The van der Waals surface area contributed by atoms with E-state index in [9.17, 15) is 4.79 Å². The van der Waals surface area contributed by atoms with Crippen LogP contribution in [0, 0.1) is 0 Å². The molecular formula is C18H23N3O2. The molecule has 1 atom stereocenters. The lowest BCUT2D eigenvalue weighted by Gasteiger charge is -2.24. The number of nitrogens with zero attached hydrogens (tertiary/aromatic N) is 2. The summed E-state index contributed by atoms with van der Waals surface area (Å²) in [6.45, 7) is 7.00. The van der Waals surface area contributed by atoms with Crippen LogP contribution >= 0.6 is 0 Å².